The number of rotatable bonds is 5. The molecule has 4 aliphatic rings. The Kier molecular flexibility index (Phi) is 11.8. The monoisotopic (exact) mass is 1070 g/mol. The second kappa shape index (κ2) is 19.0. The van der Waals surface area contributed by atoms with Gasteiger partial charge in [0, 0.05) is 39.5 Å². The van der Waals surface area contributed by atoms with E-state index in [0.29, 0.717) is 9.79 Å². The van der Waals surface area contributed by atoms with Crippen LogP contribution in [0.25, 0.3) is 0 Å². The van der Waals surface area contributed by atoms with Gasteiger partial charge in [-0.25, -0.2) is 8.42 Å². The number of ketones is 1. The van der Waals surface area contributed by atoms with Crippen molar-refractivity contribution in [2.45, 2.75) is 65.6 Å². The van der Waals surface area contributed by atoms with Gasteiger partial charge in [0.15, 0.2) is 5.78 Å². The maximum Gasteiger partial charge on any atom is 0.206 e. The fourth-order valence-electron chi connectivity index (χ4n) is 14.4. The second-order valence-electron chi connectivity index (χ2n) is 23.0. The van der Waals surface area contributed by atoms with Crippen molar-refractivity contribution in [3.05, 3.63) is 362 Å². The number of fused-ring (bicyclic) bond motifs is 12. The molecule has 3 aliphatic carbocycles. The van der Waals surface area contributed by atoms with Crippen molar-refractivity contribution in [2.24, 2.45) is 0 Å². The minimum Gasteiger partial charge on any atom is -0.310 e. The molecule has 11 aromatic carbocycles. The molecule has 0 saturated carbocycles. The van der Waals surface area contributed by atoms with Crippen LogP contribution in [-0.2, 0) is 26.1 Å². The molecule has 81 heavy (non-hydrogen) atoms. The van der Waals surface area contributed by atoms with Crippen molar-refractivity contribution < 1.29 is 13.2 Å². The zero-order chi connectivity index (χ0) is 55.3. The summed E-state index contributed by atoms with van der Waals surface area (Å²) in [5.74, 6) is 0.174. The lowest BCUT2D eigenvalue weighted by molar-refractivity contribution is 0.103. The molecule has 0 unspecified atom stereocenters. The Bertz CT molecular complexity index is 4050. The summed E-state index contributed by atoms with van der Waals surface area (Å²) in [4.78, 5) is 16.6. The largest absolute Gasteiger partial charge is 0.310 e. The number of carbonyl (C=O) groups excluding carboxylic acids is 1. The molecule has 1 heterocycles. The third kappa shape index (κ3) is 7.55. The molecule has 0 atom stereocenters. The molecular weight excluding hydrogens is 1010 g/mol. The van der Waals surface area contributed by atoms with Crippen molar-refractivity contribution in [1.82, 2.24) is 0 Å². The van der Waals surface area contributed by atoms with E-state index in [-0.39, 0.29) is 28.4 Å². The molecule has 392 valence electrons. The van der Waals surface area contributed by atoms with E-state index < -0.39 is 15.3 Å². The molecule has 0 amide bonds. The van der Waals surface area contributed by atoms with Crippen molar-refractivity contribution in [2.75, 3.05) is 4.90 Å². The Morgan fingerprint density at radius 1 is 0.321 bits per heavy atom. The highest BCUT2D eigenvalue weighted by Crippen LogP contribution is 2.60. The van der Waals surface area contributed by atoms with Crippen LogP contribution in [0.15, 0.2) is 283 Å². The first kappa shape index (κ1) is 50.1. The lowest BCUT2D eigenvalue weighted by Crippen LogP contribution is -2.42. The van der Waals surface area contributed by atoms with Crippen LogP contribution < -0.4 is 4.90 Å². The van der Waals surface area contributed by atoms with E-state index in [1.165, 1.54) is 55.6 Å². The van der Waals surface area contributed by atoms with Crippen LogP contribution in [0, 0.1) is 0 Å². The van der Waals surface area contributed by atoms with E-state index in [0.717, 1.165) is 50.4 Å². The summed E-state index contributed by atoms with van der Waals surface area (Å²) in [6.07, 6.45) is 0. The lowest BCUT2D eigenvalue weighted by atomic mass is 9.57. The van der Waals surface area contributed by atoms with Gasteiger partial charge >= 0.3 is 0 Å². The molecule has 0 saturated heterocycles. The quantitative estimate of drug-likeness (QED) is 0.172. The van der Waals surface area contributed by atoms with Crippen LogP contribution in [0.4, 0.5) is 17.1 Å². The minimum atomic E-state index is -3.71. The van der Waals surface area contributed by atoms with Crippen LogP contribution in [0.3, 0.4) is 0 Å². The zero-order valence-corrected chi connectivity index (χ0v) is 46.5. The number of nitrogens with zero attached hydrogens (tertiary/aromatic N) is 1. The standard InChI is InChI=1S/C44H38O2S.C32H21NO/c1-43(2)37-17-9-5-13-33(37)41(34-14-6-10-18-38(34)43)29-21-25-31(26-22-29)47(45,46)32-27-23-30(24-28-32)42-35-15-7-11-19-39(35)44(3,4)40-20-12-8-16-36(40)42;34-31-23-14-4-6-16-25(23)32(26-17-7-5-15-24(26)31)27-18-8-10-20-29(27)33(22-12-2-1-3-13-22)30-21-11-9-19-28(30)32/h5-28,41-42H,1-4H3;1-21H. The third-order valence-electron chi connectivity index (χ3n) is 18.1. The van der Waals surface area contributed by atoms with E-state index in [2.05, 4.69) is 227 Å². The molecule has 0 aromatic heterocycles. The van der Waals surface area contributed by atoms with E-state index in [1.807, 2.05) is 54.6 Å². The predicted octanol–water partition coefficient (Wildman–Crippen LogP) is 17.6. The summed E-state index contributed by atoms with van der Waals surface area (Å²) in [6, 6.07) is 93.7. The Hall–Kier alpha value is -9.16. The first-order chi connectivity index (χ1) is 39.4. The Balaban J connectivity index is 0.000000153. The van der Waals surface area contributed by atoms with Gasteiger partial charge in [0.1, 0.15) is 0 Å². The van der Waals surface area contributed by atoms with Crippen LogP contribution in [0.2, 0.25) is 0 Å². The van der Waals surface area contributed by atoms with Crippen molar-refractivity contribution in [3.8, 4) is 0 Å². The van der Waals surface area contributed by atoms with Crippen LogP contribution in [0.5, 0.6) is 0 Å². The number of hydrogen-bond acceptors (Lipinski definition) is 4. The van der Waals surface area contributed by atoms with Gasteiger partial charge in [0.05, 0.1) is 26.6 Å². The first-order valence-electron chi connectivity index (χ1n) is 28.0. The van der Waals surface area contributed by atoms with Gasteiger partial charge in [0.25, 0.3) is 0 Å². The average Bonchev–Trinajstić information content (AvgIpc) is 2.39. The molecule has 15 rings (SSSR count). The molecule has 5 heteroatoms. The Morgan fingerprint density at radius 2 is 0.617 bits per heavy atom. The normalized spacial score (nSPS) is 15.7. The number of carbonyl (C=O) groups is 1. The van der Waals surface area contributed by atoms with E-state index in [4.69, 9.17) is 0 Å². The molecule has 0 N–H and O–H groups in total. The van der Waals surface area contributed by atoms with Gasteiger partial charge in [-0.3, -0.25) is 4.79 Å². The molecule has 11 aromatic rings. The fourth-order valence-corrected chi connectivity index (χ4v) is 15.7. The molecular formula is C76H59NO3S. The topological polar surface area (TPSA) is 54.5 Å². The molecule has 4 nitrogen and oxygen atoms in total. The summed E-state index contributed by atoms with van der Waals surface area (Å²) in [5, 5.41) is 0. The zero-order valence-electron chi connectivity index (χ0n) is 45.7. The van der Waals surface area contributed by atoms with Crippen molar-refractivity contribution in [3.63, 3.8) is 0 Å². The highest BCUT2D eigenvalue weighted by molar-refractivity contribution is 7.91. The number of anilines is 3. The molecule has 0 fully saturated rings. The summed E-state index contributed by atoms with van der Waals surface area (Å²) in [5.41, 5.74) is 21.1. The summed E-state index contributed by atoms with van der Waals surface area (Å²) >= 11 is 0. The van der Waals surface area contributed by atoms with Crippen LogP contribution in [-0.4, -0.2) is 14.2 Å². The second-order valence-corrected chi connectivity index (χ2v) is 24.9. The highest BCUT2D eigenvalue weighted by Gasteiger charge is 2.51. The minimum absolute atomic E-state index is 0.0395. The molecule has 0 radical (unpaired) electrons. The number of para-hydroxylation sites is 3. The van der Waals surface area contributed by atoms with E-state index in [9.17, 15) is 13.2 Å². The van der Waals surface area contributed by atoms with Crippen LogP contribution in [0.1, 0.15) is 133 Å². The SMILES string of the molecule is CC1(C)c2ccccc2C(c2ccc(S(=O)(=O)c3ccc(C4c5ccccc5C(C)(C)c5ccccc54)cc3)cc2)c2ccccc21.O=C1c2ccccc2C2(c3ccccc31)c1ccccc1N(c1ccccc1)c1ccccc12. The predicted molar refractivity (Wildman–Crippen MR) is 327 cm³/mol. The van der Waals surface area contributed by atoms with Gasteiger partial charge in [-0.1, -0.05) is 252 Å². The number of benzene rings is 11. The lowest BCUT2D eigenvalue weighted by Gasteiger charge is -2.48. The average molecular weight is 1070 g/mol. The number of sulfone groups is 1. The van der Waals surface area contributed by atoms with Crippen molar-refractivity contribution >= 4 is 32.7 Å². The first-order valence-corrected chi connectivity index (χ1v) is 29.5. The summed E-state index contributed by atoms with van der Waals surface area (Å²) in [6.45, 7) is 9.14. The van der Waals surface area contributed by atoms with Gasteiger partial charge in [0.2, 0.25) is 9.84 Å². The molecule has 1 aliphatic heterocycles. The maximum absolute atomic E-state index is 14.0. The smallest absolute Gasteiger partial charge is 0.206 e. The van der Waals surface area contributed by atoms with Crippen molar-refractivity contribution in [1.29, 1.82) is 0 Å². The highest BCUT2D eigenvalue weighted by atomic mass is 32.2. The molecule has 0 bridgehead atoms. The Labute approximate surface area is 475 Å². The number of hydrogen-bond donors (Lipinski definition) is 0. The summed E-state index contributed by atoms with van der Waals surface area (Å²) in [7, 11) is -3.71. The third-order valence-corrected chi connectivity index (χ3v) is 19.9. The van der Waals surface area contributed by atoms with E-state index >= 15 is 0 Å². The van der Waals surface area contributed by atoms with Gasteiger partial charge in [-0.2, -0.15) is 0 Å². The van der Waals surface area contributed by atoms with Crippen LogP contribution >= 0.6 is 0 Å². The van der Waals surface area contributed by atoms with Gasteiger partial charge in [-0.05, 0) is 126 Å². The fraction of sp³-hybridized carbons (Fsp3) is 0.118. The maximum atomic E-state index is 14.0. The Morgan fingerprint density at radius 3 is 0.988 bits per heavy atom. The van der Waals surface area contributed by atoms with Gasteiger partial charge in [-0.15, -0.1) is 0 Å². The van der Waals surface area contributed by atoms with Gasteiger partial charge < -0.3 is 4.90 Å². The molecule has 1 spiro atoms. The summed E-state index contributed by atoms with van der Waals surface area (Å²) < 4.78 is 27.9. The van der Waals surface area contributed by atoms with E-state index in [1.54, 1.807) is 24.3 Å².